The molecule has 2 aromatic rings. The zero-order valence-corrected chi connectivity index (χ0v) is 12.7. The van der Waals surface area contributed by atoms with Crippen molar-refractivity contribution in [3.05, 3.63) is 30.9 Å². The molecule has 2 rings (SSSR count). The number of carbonyl (C=O) groups excluding carboxylic acids is 1. The van der Waals surface area contributed by atoms with Gasteiger partial charge in [-0.3, -0.25) is 4.79 Å². The van der Waals surface area contributed by atoms with E-state index in [2.05, 4.69) is 9.97 Å². The Bertz CT molecular complexity index is 618. The van der Waals surface area contributed by atoms with Gasteiger partial charge in [-0.15, -0.1) is 0 Å². The standard InChI is InChI=1S/C15H21N5O/c1-4-19(5-2)15(21)11(3)20-10-17-9-13(20)12-6-7-18-14(16)8-12/h6-11H,4-5H2,1-3H3,(H2,16,18). The molecule has 0 saturated heterocycles. The van der Waals surface area contributed by atoms with Crippen LogP contribution in [0.2, 0.25) is 0 Å². The van der Waals surface area contributed by atoms with Crippen LogP contribution in [0, 0.1) is 0 Å². The number of nitrogens with zero attached hydrogens (tertiary/aromatic N) is 4. The van der Waals surface area contributed by atoms with Crippen LogP contribution in [0.15, 0.2) is 30.9 Å². The summed E-state index contributed by atoms with van der Waals surface area (Å²) in [5.41, 5.74) is 7.49. The Morgan fingerprint density at radius 3 is 2.76 bits per heavy atom. The maximum atomic E-state index is 12.5. The van der Waals surface area contributed by atoms with Crippen LogP contribution in [0.3, 0.4) is 0 Å². The Balaban J connectivity index is 2.34. The Labute approximate surface area is 124 Å². The summed E-state index contributed by atoms with van der Waals surface area (Å²) in [5.74, 6) is 0.532. The van der Waals surface area contributed by atoms with Gasteiger partial charge in [-0.05, 0) is 32.9 Å². The third-order valence-corrected chi connectivity index (χ3v) is 3.59. The number of rotatable bonds is 5. The fraction of sp³-hybridized carbons (Fsp3) is 0.400. The summed E-state index contributed by atoms with van der Waals surface area (Å²) in [6.45, 7) is 7.24. The van der Waals surface area contributed by atoms with E-state index in [-0.39, 0.29) is 11.9 Å². The van der Waals surface area contributed by atoms with Gasteiger partial charge in [-0.25, -0.2) is 9.97 Å². The third-order valence-electron chi connectivity index (χ3n) is 3.59. The first-order chi connectivity index (χ1) is 10.1. The van der Waals surface area contributed by atoms with Crippen LogP contribution < -0.4 is 5.73 Å². The normalized spacial score (nSPS) is 12.1. The van der Waals surface area contributed by atoms with Crippen LogP contribution in [-0.2, 0) is 4.79 Å². The fourth-order valence-electron chi connectivity index (χ4n) is 2.36. The van der Waals surface area contributed by atoms with Crippen molar-refractivity contribution < 1.29 is 4.79 Å². The van der Waals surface area contributed by atoms with Gasteiger partial charge in [0.05, 0.1) is 18.2 Å². The second-order valence-corrected chi connectivity index (χ2v) is 4.84. The smallest absolute Gasteiger partial charge is 0.245 e. The van der Waals surface area contributed by atoms with E-state index in [1.54, 1.807) is 24.8 Å². The fourth-order valence-corrected chi connectivity index (χ4v) is 2.36. The number of anilines is 1. The summed E-state index contributed by atoms with van der Waals surface area (Å²) in [4.78, 5) is 22.5. The molecule has 0 aliphatic carbocycles. The molecule has 0 bridgehead atoms. The van der Waals surface area contributed by atoms with Gasteiger partial charge in [-0.2, -0.15) is 0 Å². The highest BCUT2D eigenvalue weighted by Gasteiger charge is 2.22. The van der Waals surface area contributed by atoms with Crippen LogP contribution in [0.25, 0.3) is 11.3 Å². The van der Waals surface area contributed by atoms with Crippen molar-refractivity contribution in [1.29, 1.82) is 0 Å². The Morgan fingerprint density at radius 1 is 1.43 bits per heavy atom. The first-order valence-corrected chi connectivity index (χ1v) is 7.11. The minimum Gasteiger partial charge on any atom is -0.384 e. The number of nitrogens with two attached hydrogens (primary N) is 1. The number of likely N-dealkylation sites (N-methyl/N-ethyl adjacent to an activating group) is 1. The quantitative estimate of drug-likeness (QED) is 0.912. The van der Waals surface area contributed by atoms with E-state index < -0.39 is 0 Å². The predicted molar refractivity (Wildman–Crippen MR) is 82.5 cm³/mol. The molecule has 0 spiro atoms. The molecular formula is C15H21N5O. The van der Waals surface area contributed by atoms with Gasteiger partial charge in [0.2, 0.25) is 5.91 Å². The van der Waals surface area contributed by atoms with Gasteiger partial charge in [-0.1, -0.05) is 0 Å². The van der Waals surface area contributed by atoms with Crippen molar-refractivity contribution in [2.45, 2.75) is 26.8 Å². The van der Waals surface area contributed by atoms with E-state index in [9.17, 15) is 4.79 Å². The van der Waals surface area contributed by atoms with E-state index in [4.69, 9.17) is 5.73 Å². The molecule has 0 aliphatic rings. The minimum absolute atomic E-state index is 0.0845. The molecule has 1 atom stereocenters. The number of aromatic nitrogens is 3. The number of hydrogen-bond donors (Lipinski definition) is 1. The van der Waals surface area contributed by atoms with E-state index in [0.717, 1.165) is 11.3 Å². The lowest BCUT2D eigenvalue weighted by Gasteiger charge is -2.24. The highest BCUT2D eigenvalue weighted by atomic mass is 16.2. The molecule has 1 unspecified atom stereocenters. The zero-order chi connectivity index (χ0) is 15.4. The Kier molecular flexibility index (Phi) is 4.57. The Morgan fingerprint density at radius 2 is 2.14 bits per heavy atom. The van der Waals surface area contributed by atoms with Crippen molar-refractivity contribution in [1.82, 2.24) is 19.4 Å². The van der Waals surface area contributed by atoms with Gasteiger partial charge in [0, 0.05) is 24.8 Å². The summed E-state index contributed by atoms with van der Waals surface area (Å²) in [5, 5.41) is 0. The minimum atomic E-state index is -0.309. The molecule has 2 heterocycles. The van der Waals surface area contributed by atoms with Gasteiger partial charge in [0.1, 0.15) is 11.9 Å². The lowest BCUT2D eigenvalue weighted by atomic mass is 10.2. The molecule has 21 heavy (non-hydrogen) atoms. The molecule has 112 valence electrons. The molecule has 0 saturated carbocycles. The third kappa shape index (κ3) is 3.04. The van der Waals surface area contributed by atoms with Crippen molar-refractivity contribution in [2.24, 2.45) is 0 Å². The topological polar surface area (TPSA) is 77.0 Å². The van der Waals surface area contributed by atoms with Crippen LogP contribution in [0.5, 0.6) is 0 Å². The first-order valence-electron chi connectivity index (χ1n) is 7.11. The average Bonchev–Trinajstić information content (AvgIpc) is 2.97. The molecular weight excluding hydrogens is 266 g/mol. The van der Waals surface area contributed by atoms with Gasteiger partial charge in [0.15, 0.2) is 0 Å². The zero-order valence-electron chi connectivity index (χ0n) is 12.7. The molecule has 0 aliphatic heterocycles. The monoisotopic (exact) mass is 287 g/mol. The molecule has 2 aromatic heterocycles. The average molecular weight is 287 g/mol. The number of imidazole rings is 1. The van der Waals surface area contributed by atoms with Crippen LogP contribution in [-0.4, -0.2) is 38.4 Å². The van der Waals surface area contributed by atoms with Gasteiger partial charge in [0.25, 0.3) is 0 Å². The molecule has 0 fully saturated rings. The van der Waals surface area contributed by atoms with Gasteiger partial charge >= 0.3 is 0 Å². The number of carbonyl (C=O) groups is 1. The molecule has 1 amide bonds. The van der Waals surface area contributed by atoms with Crippen LogP contribution >= 0.6 is 0 Å². The van der Waals surface area contributed by atoms with Crippen molar-refractivity contribution in [2.75, 3.05) is 18.8 Å². The van der Waals surface area contributed by atoms with Crippen LogP contribution in [0.1, 0.15) is 26.8 Å². The first kappa shape index (κ1) is 15.0. The van der Waals surface area contributed by atoms with Crippen molar-refractivity contribution in [3.63, 3.8) is 0 Å². The largest absolute Gasteiger partial charge is 0.384 e. The lowest BCUT2D eigenvalue weighted by molar-refractivity contribution is -0.133. The van der Waals surface area contributed by atoms with E-state index in [1.807, 2.05) is 36.3 Å². The maximum absolute atomic E-state index is 12.5. The second kappa shape index (κ2) is 6.39. The summed E-state index contributed by atoms with van der Waals surface area (Å²) >= 11 is 0. The molecule has 2 N–H and O–H groups in total. The summed E-state index contributed by atoms with van der Waals surface area (Å²) < 4.78 is 1.87. The second-order valence-electron chi connectivity index (χ2n) is 4.84. The van der Waals surface area contributed by atoms with Crippen molar-refractivity contribution >= 4 is 11.7 Å². The molecule has 0 aromatic carbocycles. The van der Waals surface area contributed by atoms with Gasteiger partial charge < -0.3 is 15.2 Å². The highest BCUT2D eigenvalue weighted by Crippen LogP contribution is 2.24. The number of amides is 1. The number of pyridine rings is 1. The van der Waals surface area contributed by atoms with E-state index in [0.29, 0.717) is 18.9 Å². The number of nitrogen functional groups attached to an aromatic ring is 1. The van der Waals surface area contributed by atoms with Crippen molar-refractivity contribution in [3.8, 4) is 11.3 Å². The predicted octanol–water partition coefficient (Wildman–Crippen LogP) is 1.96. The van der Waals surface area contributed by atoms with E-state index >= 15 is 0 Å². The summed E-state index contributed by atoms with van der Waals surface area (Å²) in [6.07, 6.45) is 5.07. The SMILES string of the molecule is CCN(CC)C(=O)C(C)n1cncc1-c1ccnc(N)c1. The number of hydrogen-bond acceptors (Lipinski definition) is 4. The van der Waals surface area contributed by atoms with E-state index in [1.165, 1.54) is 0 Å². The summed E-state index contributed by atoms with van der Waals surface area (Å²) in [7, 11) is 0. The molecule has 6 heteroatoms. The maximum Gasteiger partial charge on any atom is 0.245 e. The molecule has 0 radical (unpaired) electrons. The lowest BCUT2D eigenvalue weighted by Crippen LogP contribution is -2.36. The highest BCUT2D eigenvalue weighted by molar-refractivity contribution is 5.81. The Hall–Kier alpha value is -2.37. The summed E-state index contributed by atoms with van der Waals surface area (Å²) in [6, 6.07) is 3.33. The molecule has 6 nitrogen and oxygen atoms in total. The van der Waals surface area contributed by atoms with Crippen LogP contribution in [0.4, 0.5) is 5.82 Å².